The van der Waals surface area contributed by atoms with Crippen molar-refractivity contribution in [3.63, 3.8) is 0 Å². The minimum absolute atomic E-state index is 0.257. The summed E-state index contributed by atoms with van der Waals surface area (Å²) in [6.45, 7) is 14.2. The monoisotopic (exact) mass is 266 g/mol. The Balaban J connectivity index is 1.89. The van der Waals surface area contributed by atoms with Gasteiger partial charge in [0.15, 0.2) is 0 Å². The van der Waals surface area contributed by atoms with Gasteiger partial charge in [0.1, 0.15) is 0 Å². The molecule has 0 aromatic heterocycles. The van der Waals surface area contributed by atoms with Crippen LogP contribution < -0.4 is 10.6 Å². The van der Waals surface area contributed by atoms with Gasteiger partial charge in [-0.1, -0.05) is 13.8 Å². The lowest BCUT2D eigenvalue weighted by atomic mass is 9.74. The summed E-state index contributed by atoms with van der Waals surface area (Å²) in [6.07, 6.45) is 7.97. The molecule has 0 spiro atoms. The van der Waals surface area contributed by atoms with Gasteiger partial charge < -0.3 is 10.6 Å². The third-order valence-corrected chi connectivity index (χ3v) is 5.00. The van der Waals surface area contributed by atoms with E-state index >= 15 is 0 Å². The summed E-state index contributed by atoms with van der Waals surface area (Å²) in [5, 5.41) is 7.74. The summed E-state index contributed by atoms with van der Waals surface area (Å²) in [4.78, 5) is 0. The highest BCUT2D eigenvalue weighted by Gasteiger charge is 2.38. The molecule has 2 N–H and O–H groups in total. The Labute approximate surface area is 120 Å². The molecule has 0 aromatic rings. The van der Waals surface area contributed by atoms with E-state index in [1.165, 1.54) is 38.5 Å². The molecule has 0 amide bonds. The molecule has 1 saturated carbocycles. The van der Waals surface area contributed by atoms with Gasteiger partial charge in [-0.3, -0.25) is 0 Å². The summed E-state index contributed by atoms with van der Waals surface area (Å²) in [5.74, 6) is 0. The molecule has 1 saturated heterocycles. The summed E-state index contributed by atoms with van der Waals surface area (Å²) in [5.41, 5.74) is 1.09. The van der Waals surface area contributed by atoms with Crippen LogP contribution >= 0.6 is 0 Å². The number of hydrogen-bond acceptors (Lipinski definition) is 2. The zero-order valence-corrected chi connectivity index (χ0v) is 13.9. The second-order valence-corrected chi connectivity index (χ2v) is 9.10. The van der Waals surface area contributed by atoms with Crippen LogP contribution in [0.2, 0.25) is 0 Å². The molecule has 1 heterocycles. The number of rotatable bonds is 2. The van der Waals surface area contributed by atoms with E-state index in [9.17, 15) is 0 Å². The van der Waals surface area contributed by atoms with Crippen LogP contribution in [0.15, 0.2) is 0 Å². The minimum atomic E-state index is 0.257. The first kappa shape index (κ1) is 15.3. The van der Waals surface area contributed by atoms with Crippen molar-refractivity contribution in [3.05, 3.63) is 0 Å². The third-order valence-electron chi connectivity index (χ3n) is 5.00. The highest BCUT2D eigenvalue weighted by atomic mass is 15.1. The maximum absolute atomic E-state index is 3.97. The van der Waals surface area contributed by atoms with Gasteiger partial charge in [0, 0.05) is 23.2 Å². The summed E-state index contributed by atoms with van der Waals surface area (Å²) < 4.78 is 0. The molecule has 2 aliphatic rings. The van der Waals surface area contributed by atoms with Crippen molar-refractivity contribution in [1.29, 1.82) is 0 Å². The van der Waals surface area contributed by atoms with Gasteiger partial charge in [0.2, 0.25) is 0 Å². The normalized spacial score (nSPS) is 31.3. The van der Waals surface area contributed by atoms with Crippen LogP contribution in [0, 0.1) is 5.41 Å². The average molecular weight is 266 g/mol. The van der Waals surface area contributed by atoms with Gasteiger partial charge in [-0.2, -0.15) is 0 Å². The lowest BCUT2D eigenvalue weighted by Crippen LogP contribution is -2.62. The van der Waals surface area contributed by atoms with Crippen molar-refractivity contribution in [2.75, 3.05) is 0 Å². The number of piperidine rings is 1. The van der Waals surface area contributed by atoms with Crippen molar-refractivity contribution < 1.29 is 0 Å². The van der Waals surface area contributed by atoms with Crippen LogP contribution in [-0.2, 0) is 0 Å². The quantitative estimate of drug-likeness (QED) is 0.793. The van der Waals surface area contributed by atoms with Gasteiger partial charge in [-0.05, 0) is 71.6 Å². The lowest BCUT2D eigenvalue weighted by Gasteiger charge is -2.48. The number of nitrogens with one attached hydrogen (secondary N) is 2. The molecular weight excluding hydrogens is 232 g/mol. The van der Waals surface area contributed by atoms with Crippen molar-refractivity contribution in [1.82, 2.24) is 10.6 Å². The molecule has 0 radical (unpaired) electrons. The fourth-order valence-electron chi connectivity index (χ4n) is 4.34. The Morgan fingerprint density at radius 3 is 1.74 bits per heavy atom. The molecule has 0 aromatic carbocycles. The maximum Gasteiger partial charge on any atom is 0.0144 e. The van der Waals surface area contributed by atoms with Crippen LogP contribution in [0.5, 0.6) is 0 Å². The maximum atomic E-state index is 3.97. The SMILES string of the molecule is CC1(C)CCC(NC2CC(C)(C)NC(C)(C)C2)CC1. The summed E-state index contributed by atoms with van der Waals surface area (Å²) >= 11 is 0. The molecule has 0 atom stereocenters. The Kier molecular flexibility index (Phi) is 4.06. The van der Waals surface area contributed by atoms with Crippen LogP contribution in [0.3, 0.4) is 0 Å². The Hall–Kier alpha value is -0.0800. The topological polar surface area (TPSA) is 24.1 Å². The second-order valence-electron chi connectivity index (χ2n) is 9.10. The highest BCUT2D eigenvalue weighted by Crippen LogP contribution is 2.36. The van der Waals surface area contributed by atoms with E-state index in [2.05, 4.69) is 52.2 Å². The Bertz CT molecular complexity index is 291. The largest absolute Gasteiger partial charge is 0.311 e. The van der Waals surface area contributed by atoms with Crippen molar-refractivity contribution in [3.8, 4) is 0 Å². The van der Waals surface area contributed by atoms with Gasteiger partial charge in [0.25, 0.3) is 0 Å². The first-order valence-electron chi connectivity index (χ1n) is 8.12. The minimum Gasteiger partial charge on any atom is -0.311 e. The number of hydrogen-bond donors (Lipinski definition) is 2. The van der Waals surface area contributed by atoms with Gasteiger partial charge in [0.05, 0.1) is 0 Å². The molecule has 1 aliphatic carbocycles. The lowest BCUT2D eigenvalue weighted by molar-refractivity contribution is 0.123. The molecule has 1 aliphatic heterocycles. The fraction of sp³-hybridized carbons (Fsp3) is 1.00. The van der Waals surface area contributed by atoms with E-state index in [1.807, 2.05) is 0 Å². The predicted molar refractivity (Wildman–Crippen MR) is 83.5 cm³/mol. The van der Waals surface area contributed by atoms with E-state index in [4.69, 9.17) is 0 Å². The van der Waals surface area contributed by atoms with Gasteiger partial charge in [-0.15, -0.1) is 0 Å². The van der Waals surface area contributed by atoms with E-state index in [0.717, 1.165) is 6.04 Å². The van der Waals surface area contributed by atoms with Crippen LogP contribution in [-0.4, -0.2) is 23.2 Å². The molecule has 112 valence electrons. The first-order chi connectivity index (χ1) is 8.57. The second kappa shape index (κ2) is 5.04. The van der Waals surface area contributed by atoms with Crippen LogP contribution in [0.4, 0.5) is 0 Å². The average Bonchev–Trinajstić information content (AvgIpc) is 2.16. The van der Waals surface area contributed by atoms with E-state index < -0.39 is 0 Å². The molecule has 2 heteroatoms. The highest BCUT2D eigenvalue weighted by molar-refractivity contribution is 5.00. The van der Waals surface area contributed by atoms with E-state index in [0.29, 0.717) is 11.5 Å². The first-order valence-corrected chi connectivity index (χ1v) is 8.12. The smallest absolute Gasteiger partial charge is 0.0144 e. The summed E-state index contributed by atoms with van der Waals surface area (Å²) in [6, 6.07) is 1.43. The standard InChI is InChI=1S/C17H34N2/c1-15(2)9-7-13(8-10-15)18-14-11-16(3,4)19-17(5,6)12-14/h13-14,18-19H,7-12H2,1-6H3. The van der Waals surface area contributed by atoms with E-state index in [-0.39, 0.29) is 11.1 Å². The van der Waals surface area contributed by atoms with Crippen LogP contribution in [0.25, 0.3) is 0 Å². The molecule has 19 heavy (non-hydrogen) atoms. The van der Waals surface area contributed by atoms with Crippen molar-refractivity contribution in [2.24, 2.45) is 5.41 Å². The van der Waals surface area contributed by atoms with Crippen molar-refractivity contribution >= 4 is 0 Å². The van der Waals surface area contributed by atoms with Gasteiger partial charge in [-0.25, -0.2) is 0 Å². The van der Waals surface area contributed by atoms with Gasteiger partial charge >= 0.3 is 0 Å². The molecule has 2 fully saturated rings. The molecule has 0 unspecified atom stereocenters. The molecular formula is C17H34N2. The fourth-order valence-corrected chi connectivity index (χ4v) is 4.34. The molecule has 0 bridgehead atoms. The molecule has 2 nitrogen and oxygen atoms in total. The zero-order valence-electron chi connectivity index (χ0n) is 13.9. The Morgan fingerprint density at radius 2 is 1.26 bits per heavy atom. The predicted octanol–water partition coefficient (Wildman–Crippen LogP) is 3.85. The van der Waals surface area contributed by atoms with E-state index in [1.54, 1.807) is 0 Å². The van der Waals surface area contributed by atoms with Crippen molar-refractivity contribution in [2.45, 2.75) is 103 Å². The van der Waals surface area contributed by atoms with Crippen LogP contribution in [0.1, 0.15) is 80.1 Å². The summed E-state index contributed by atoms with van der Waals surface area (Å²) in [7, 11) is 0. The molecule has 2 rings (SSSR count). The third kappa shape index (κ3) is 4.46. The Morgan fingerprint density at radius 1 is 0.789 bits per heavy atom. The zero-order chi connectivity index (χ0) is 14.3.